The maximum absolute atomic E-state index is 11.9. The van der Waals surface area contributed by atoms with E-state index in [1.165, 1.54) is 0 Å². The van der Waals surface area contributed by atoms with Crippen LogP contribution < -0.4 is 0 Å². The van der Waals surface area contributed by atoms with Gasteiger partial charge in [0.25, 0.3) is 0 Å². The largest absolute Gasteiger partial charge is 0.458 e. The first-order valence-corrected chi connectivity index (χ1v) is 9.23. The smallest absolute Gasteiger partial charge is 0.303 e. The Kier molecular flexibility index (Phi) is 6.76. The highest BCUT2D eigenvalue weighted by atomic mass is 16.6. The molecule has 12 nitrogen and oxygen atoms in total. The first-order chi connectivity index (χ1) is 13.8. The molecule has 0 radical (unpaired) electrons. The Hall–Kier alpha value is -2.28. The normalized spacial score (nSPS) is 40.5. The summed E-state index contributed by atoms with van der Waals surface area (Å²) < 4.78 is 21.0. The van der Waals surface area contributed by atoms with Crippen LogP contribution in [0.1, 0.15) is 40.5 Å². The number of fused-ring (bicyclic) bond motifs is 1. The van der Waals surface area contributed by atoms with Crippen LogP contribution in [0.5, 0.6) is 0 Å². The minimum absolute atomic E-state index is 0.612. The Labute approximate surface area is 171 Å². The van der Waals surface area contributed by atoms with Crippen molar-refractivity contribution in [3.8, 4) is 0 Å². The molecule has 2 fully saturated rings. The summed E-state index contributed by atoms with van der Waals surface area (Å²) >= 11 is 0. The average molecular weight is 434 g/mol. The predicted octanol–water partition coefficient (Wildman–Crippen LogP) is -2.30. The maximum Gasteiger partial charge on any atom is 0.303 e. The van der Waals surface area contributed by atoms with E-state index in [9.17, 15) is 39.6 Å². The standard InChI is InChI=1S/C18H26O12/c1-7(19)27-11-5-17(29-9(3)21)15(25)13(23)14(24)16(26)18(17,30-10(4)22)6-12(11)28-8(2)20/h11-16,23-26H,5-6H2,1-4H3/t11-,12+,13-,14-,15-,16-,17+,18+/m0/s1. The fourth-order valence-corrected chi connectivity index (χ4v) is 4.42. The summed E-state index contributed by atoms with van der Waals surface area (Å²) in [5, 5.41) is 42.2. The molecule has 0 aliphatic heterocycles. The number of rotatable bonds is 4. The fourth-order valence-electron chi connectivity index (χ4n) is 4.42. The van der Waals surface area contributed by atoms with Crippen LogP contribution in [0.3, 0.4) is 0 Å². The molecular weight excluding hydrogens is 408 g/mol. The molecule has 2 saturated carbocycles. The van der Waals surface area contributed by atoms with Gasteiger partial charge < -0.3 is 39.4 Å². The zero-order chi connectivity index (χ0) is 23.0. The van der Waals surface area contributed by atoms with Crippen LogP contribution in [0, 0.1) is 0 Å². The topological polar surface area (TPSA) is 186 Å². The monoisotopic (exact) mass is 434 g/mol. The van der Waals surface area contributed by atoms with E-state index >= 15 is 0 Å². The number of aliphatic hydroxyl groups excluding tert-OH is 4. The number of hydrogen-bond donors (Lipinski definition) is 4. The molecule has 0 aromatic heterocycles. The first kappa shape index (κ1) is 24.0. The number of carbonyl (C=O) groups is 4. The zero-order valence-electron chi connectivity index (χ0n) is 16.9. The number of aliphatic hydroxyl groups is 4. The molecule has 0 bridgehead atoms. The summed E-state index contributed by atoms with van der Waals surface area (Å²) in [7, 11) is 0. The molecule has 2 aliphatic rings. The molecule has 0 heterocycles. The van der Waals surface area contributed by atoms with Crippen molar-refractivity contribution in [1.29, 1.82) is 0 Å². The van der Waals surface area contributed by atoms with Gasteiger partial charge in [0.15, 0.2) is 11.2 Å². The molecule has 0 saturated heterocycles. The highest BCUT2D eigenvalue weighted by molar-refractivity contribution is 5.70. The van der Waals surface area contributed by atoms with E-state index in [4.69, 9.17) is 18.9 Å². The van der Waals surface area contributed by atoms with E-state index in [1.54, 1.807) is 0 Å². The minimum Gasteiger partial charge on any atom is -0.458 e. The van der Waals surface area contributed by atoms with E-state index in [0.29, 0.717) is 0 Å². The van der Waals surface area contributed by atoms with Gasteiger partial charge in [0, 0.05) is 40.5 Å². The molecule has 2 rings (SSSR count). The van der Waals surface area contributed by atoms with Crippen molar-refractivity contribution in [2.45, 2.75) is 88.4 Å². The number of esters is 4. The molecule has 0 aromatic carbocycles. The molecule has 30 heavy (non-hydrogen) atoms. The van der Waals surface area contributed by atoms with Crippen molar-refractivity contribution in [2.75, 3.05) is 0 Å². The average Bonchev–Trinajstić information content (AvgIpc) is 2.59. The van der Waals surface area contributed by atoms with Crippen molar-refractivity contribution in [2.24, 2.45) is 0 Å². The van der Waals surface area contributed by atoms with Gasteiger partial charge in [-0.2, -0.15) is 0 Å². The predicted molar refractivity (Wildman–Crippen MR) is 93.4 cm³/mol. The second kappa shape index (κ2) is 8.46. The summed E-state index contributed by atoms with van der Waals surface area (Å²) in [6, 6.07) is 0. The molecule has 0 aromatic rings. The van der Waals surface area contributed by atoms with Crippen molar-refractivity contribution < 1.29 is 58.6 Å². The Morgan fingerprint density at radius 3 is 1.17 bits per heavy atom. The SMILES string of the molecule is CC(=O)O[C@H]1C[C@@]2(OC(C)=O)[C@@H](O)[C@@H](O)[C@H](O)[C@H](O)[C@]2(OC(C)=O)C[C@H]1OC(C)=O. The minimum atomic E-state index is -2.33. The van der Waals surface area contributed by atoms with E-state index in [2.05, 4.69) is 0 Å². The van der Waals surface area contributed by atoms with Gasteiger partial charge in [-0.15, -0.1) is 0 Å². The lowest BCUT2D eigenvalue weighted by atomic mass is 9.57. The van der Waals surface area contributed by atoms with E-state index in [-0.39, 0.29) is 0 Å². The highest BCUT2D eigenvalue weighted by Gasteiger charge is 2.76. The maximum atomic E-state index is 11.9. The summed E-state index contributed by atoms with van der Waals surface area (Å²) in [4.78, 5) is 47.0. The Bertz CT molecular complexity index is 662. The van der Waals surface area contributed by atoms with E-state index in [0.717, 1.165) is 27.7 Å². The summed E-state index contributed by atoms with van der Waals surface area (Å²) in [5.41, 5.74) is -4.67. The van der Waals surface area contributed by atoms with Gasteiger partial charge in [-0.25, -0.2) is 0 Å². The number of carbonyl (C=O) groups excluding carboxylic acids is 4. The van der Waals surface area contributed by atoms with Crippen LogP contribution in [-0.4, -0.2) is 92.1 Å². The molecule has 8 atom stereocenters. The van der Waals surface area contributed by atoms with Crippen LogP contribution in [-0.2, 0) is 38.1 Å². The third-order valence-corrected chi connectivity index (χ3v) is 5.38. The molecule has 0 unspecified atom stereocenters. The molecule has 4 N–H and O–H groups in total. The van der Waals surface area contributed by atoms with E-state index < -0.39 is 84.5 Å². The van der Waals surface area contributed by atoms with Crippen molar-refractivity contribution in [1.82, 2.24) is 0 Å². The lowest BCUT2D eigenvalue weighted by Crippen LogP contribution is -2.82. The van der Waals surface area contributed by atoms with Gasteiger partial charge in [-0.3, -0.25) is 19.2 Å². The molecule has 170 valence electrons. The van der Waals surface area contributed by atoms with Crippen LogP contribution in [0.2, 0.25) is 0 Å². The first-order valence-electron chi connectivity index (χ1n) is 9.23. The molecular formula is C18H26O12. The van der Waals surface area contributed by atoms with Gasteiger partial charge in [-0.05, 0) is 0 Å². The van der Waals surface area contributed by atoms with Crippen molar-refractivity contribution in [3.63, 3.8) is 0 Å². The van der Waals surface area contributed by atoms with Crippen LogP contribution >= 0.6 is 0 Å². The molecule has 0 spiro atoms. The Balaban J connectivity index is 2.73. The number of hydrogen-bond acceptors (Lipinski definition) is 12. The summed E-state index contributed by atoms with van der Waals surface area (Å²) in [5.74, 6) is -3.54. The van der Waals surface area contributed by atoms with E-state index in [1.807, 2.05) is 0 Å². The van der Waals surface area contributed by atoms with Gasteiger partial charge >= 0.3 is 23.9 Å². The third-order valence-electron chi connectivity index (χ3n) is 5.38. The molecule has 12 heteroatoms. The second-order valence-corrected chi connectivity index (χ2v) is 7.54. The van der Waals surface area contributed by atoms with Gasteiger partial charge in [0.1, 0.15) is 36.6 Å². The third kappa shape index (κ3) is 4.00. The fraction of sp³-hybridized carbons (Fsp3) is 0.778. The van der Waals surface area contributed by atoms with Crippen molar-refractivity contribution >= 4 is 23.9 Å². The highest BCUT2D eigenvalue weighted by Crippen LogP contribution is 2.53. The van der Waals surface area contributed by atoms with Gasteiger partial charge in [-0.1, -0.05) is 0 Å². The quantitative estimate of drug-likeness (QED) is 0.274. The Morgan fingerprint density at radius 1 is 0.633 bits per heavy atom. The van der Waals surface area contributed by atoms with Crippen LogP contribution in [0.25, 0.3) is 0 Å². The van der Waals surface area contributed by atoms with Crippen LogP contribution in [0.15, 0.2) is 0 Å². The van der Waals surface area contributed by atoms with Gasteiger partial charge in [0.05, 0.1) is 0 Å². The van der Waals surface area contributed by atoms with Crippen LogP contribution in [0.4, 0.5) is 0 Å². The zero-order valence-corrected chi connectivity index (χ0v) is 16.9. The summed E-state index contributed by atoms with van der Waals surface area (Å²) in [6.07, 6.45) is -11.9. The van der Waals surface area contributed by atoms with Gasteiger partial charge in [0.2, 0.25) is 0 Å². The lowest BCUT2D eigenvalue weighted by Gasteiger charge is -2.61. The van der Waals surface area contributed by atoms with Crippen molar-refractivity contribution in [3.05, 3.63) is 0 Å². The molecule has 2 aliphatic carbocycles. The number of ether oxygens (including phenoxy) is 4. The lowest BCUT2D eigenvalue weighted by molar-refractivity contribution is -0.345. The second-order valence-electron chi connectivity index (χ2n) is 7.54. The summed E-state index contributed by atoms with van der Waals surface area (Å²) in [6.45, 7) is 4.09. The molecule has 0 amide bonds. The Morgan fingerprint density at radius 2 is 0.933 bits per heavy atom.